The van der Waals surface area contributed by atoms with Crippen molar-refractivity contribution in [1.82, 2.24) is 0 Å². The quantitative estimate of drug-likeness (QED) is 0.592. The Bertz CT molecular complexity index is 274. The van der Waals surface area contributed by atoms with E-state index in [4.69, 9.17) is 0 Å². The van der Waals surface area contributed by atoms with Crippen molar-refractivity contribution in [3.63, 3.8) is 0 Å². The molecule has 0 aromatic rings. The molecule has 0 amide bonds. The topological polar surface area (TPSA) is 0 Å². The van der Waals surface area contributed by atoms with E-state index >= 15 is 0 Å². The molecule has 0 N–H and O–H groups in total. The van der Waals surface area contributed by atoms with Crippen LogP contribution in [0.3, 0.4) is 0 Å². The normalized spacial score (nSPS) is 15.1. The van der Waals surface area contributed by atoms with Crippen molar-refractivity contribution in [2.24, 2.45) is 0 Å². The Morgan fingerprint density at radius 2 is 1.93 bits per heavy atom. The van der Waals surface area contributed by atoms with Crippen molar-refractivity contribution >= 4 is 3.21 Å². The molecule has 0 heterocycles. The van der Waals surface area contributed by atoms with Gasteiger partial charge in [0.2, 0.25) is 0 Å². The Labute approximate surface area is 109 Å². The van der Waals surface area contributed by atoms with E-state index in [0.29, 0.717) is 0 Å². The third-order valence-electron chi connectivity index (χ3n) is 1.46. The van der Waals surface area contributed by atoms with Crippen LogP contribution < -0.4 is 0 Å². The predicted molar refractivity (Wildman–Crippen MR) is 64.1 cm³/mol. The standard InChI is InChI=1S/C6H7.C5H5.C3H6.Zr/c1-6-4-2-3-5-6;1-2-4-5-3-1;1-3-2;/h4-5H,2H2,1H3;1-3H,4H2;1-2H3;/q2*-1;;+2. The summed E-state index contributed by atoms with van der Waals surface area (Å²) in [6.07, 6.45) is 18.2. The van der Waals surface area contributed by atoms with Crippen LogP contribution in [0.5, 0.6) is 0 Å². The average Bonchev–Trinajstić information content (AvgIpc) is 2.75. The molecule has 0 spiro atoms. The maximum atomic E-state index is 3.05. The molecule has 0 saturated heterocycles. The van der Waals surface area contributed by atoms with Crippen LogP contribution in [0.4, 0.5) is 0 Å². The second kappa shape index (κ2) is 10.2. The molecule has 0 fully saturated rings. The third-order valence-corrected chi connectivity index (χ3v) is 1.46. The van der Waals surface area contributed by atoms with Crippen LogP contribution in [0.2, 0.25) is 0 Å². The van der Waals surface area contributed by atoms with Crippen molar-refractivity contribution < 1.29 is 24.2 Å². The Kier molecular flexibility index (Phi) is 10.0. The molecule has 0 nitrogen and oxygen atoms in total. The van der Waals surface area contributed by atoms with E-state index in [1.54, 1.807) is 24.2 Å². The minimum absolute atomic E-state index is 1.01. The minimum atomic E-state index is 1.01. The summed E-state index contributed by atoms with van der Waals surface area (Å²) in [4.78, 5) is 0. The number of allylic oxidation sites excluding steroid dienone is 8. The average molecular weight is 278 g/mol. The molecule has 0 bridgehead atoms. The van der Waals surface area contributed by atoms with E-state index in [2.05, 4.69) is 45.1 Å². The first-order chi connectivity index (χ1) is 7.13. The summed E-state index contributed by atoms with van der Waals surface area (Å²) in [5, 5.41) is 0. The first-order valence-electron chi connectivity index (χ1n) is 5.09. The molecule has 0 aromatic carbocycles. The fraction of sp³-hybridized carbons (Fsp3) is 0.357. The van der Waals surface area contributed by atoms with Crippen LogP contribution in [0, 0.1) is 12.2 Å². The minimum Gasteiger partial charge on any atom is -0.273 e. The Hall–Kier alpha value is -0.287. The van der Waals surface area contributed by atoms with Gasteiger partial charge in [-0.2, -0.15) is 12.2 Å². The van der Waals surface area contributed by atoms with Crippen molar-refractivity contribution in [3.8, 4) is 0 Å². The zero-order valence-corrected chi connectivity index (χ0v) is 12.3. The Morgan fingerprint density at radius 1 is 1.27 bits per heavy atom. The first-order valence-corrected chi connectivity index (χ1v) is 6.32. The van der Waals surface area contributed by atoms with Crippen LogP contribution in [0.25, 0.3) is 0 Å². The van der Waals surface area contributed by atoms with Gasteiger partial charge in [-0.25, -0.2) is 23.8 Å². The fourth-order valence-corrected chi connectivity index (χ4v) is 0.839. The van der Waals surface area contributed by atoms with E-state index in [-0.39, 0.29) is 0 Å². The summed E-state index contributed by atoms with van der Waals surface area (Å²) in [6.45, 7) is 6.33. The molecule has 0 radical (unpaired) electrons. The second-order valence-electron chi connectivity index (χ2n) is 3.50. The van der Waals surface area contributed by atoms with E-state index in [0.717, 1.165) is 12.8 Å². The predicted octanol–water partition coefficient (Wildman–Crippen LogP) is 3.75. The number of hydrogen-bond donors (Lipinski definition) is 0. The molecule has 2 aliphatic rings. The molecule has 0 unspecified atom stereocenters. The molecule has 0 saturated carbocycles. The third kappa shape index (κ3) is 13.7. The molecular formula is C14H18Zr. The van der Waals surface area contributed by atoms with Crippen LogP contribution in [-0.4, -0.2) is 3.21 Å². The van der Waals surface area contributed by atoms with Gasteiger partial charge in [0.05, 0.1) is 0 Å². The van der Waals surface area contributed by atoms with Crippen LogP contribution in [0.15, 0.2) is 36.0 Å². The van der Waals surface area contributed by atoms with Gasteiger partial charge in [0, 0.05) is 0 Å². The largest absolute Gasteiger partial charge is 0.273 e. The van der Waals surface area contributed by atoms with E-state index < -0.39 is 0 Å². The van der Waals surface area contributed by atoms with Crippen molar-refractivity contribution in [1.29, 1.82) is 0 Å². The first kappa shape index (κ1) is 14.7. The number of hydrogen-bond acceptors (Lipinski definition) is 0. The summed E-state index contributed by atoms with van der Waals surface area (Å²) in [6, 6.07) is 0. The van der Waals surface area contributed by atoms with Crippen molar-refractivity contribution in [3.05, 3.63) is 48.1 Å². The van der Waals surface area contributed by atoms with Gasteiger partial charge in [-0.15, -0.1) is 19.8 Å². The van der Waals surface area contributed by atoms with E-state index in [1.807, 2.05) is 18.2 Å². The van der Waals surface area contributed by atoms with Gasteiger partial charge in [-0.05, 0) is 0 Å². The van der Waals surface area contributed by atoms with Gasteiger partial charge >= 0.3 is 41.3 Å². The summed E-state index contributed by atoms with van der Waals surface area (Å²) in [5.74, 6) is 0. The molecule has 1 heteroatoms. The van der Waals surface area contributed by atoms with Gasteiger partial charge in [-0.1, -0.05) is 0 Å². The van der Waals surface area contributed by atoms with E-state index in [9.17, 15) is 0 Å². The summed E-state index contributed by atoms with van der Waals surface area (Å²) in [7, 11) is 0. The summed E-state index contributed by atoms with van der Waals surface area (Å²) >= 11 is 1.55. The maximum Gasteiger partial charge on any atom is -0.109 e. The molecule has 2 rings (SSSR count). The number of rotatable bonds is 0. The maximum absolute atomic E-state index is 3.05. The van der Waals surface area contributed by atoms with Crippen molar-refractivity contribution in [2.45, 2.75) is 33.6 Å². The van der Waals surface area contributed by atoms with Gasteiger partial charge in [0.25, 0.3) is 0 Å². The molecule has 0 aromatic heterocycles. The fourth-order valence-electron chi connectivity index (χ4n) is 0.839. The molecule has 15 heavy (non-hydrogen) atoms. The molecule has 2 aliphatic carbocycles. The van der Waals surface area contributed by atoms with Gasteiger partial charge < -0.3 is 0 Å². The van der Waals surface area contributed by atoms with Crippen molar-refractivity contribution in [2.75, 3.05) is 0 Å². The van der Waals surface area contributed by atoms with E-state index in [1.165, 1.54) is 8.78 Å². The van der Waals surface area contributed by atoms with Crippen LogP contribution in [0.1, 0.15) is 33.6 Å². The zero-order chi connectivity index (χ0) is 11.5. The summed E-state index contributed by atoms with van der Waals surface area (Å²) in [5.41, 5.74) is 1.34. The van der Waals surface area contributed by atoms with Gasteiger partial charge in [0.1, 0.15) is 0 Å². The summed E-state index contributed by atoms with van der Waals surface area (Å²) < 4.78 is 1.51. The Balaban J connectivity index is 0.000000202. The molecule has 0 atom stereocenters. The smallest absolute Gasteiger partial charge is 0.109 e. The second-order valence-corrected chi connectivity index (χ2v) is 5.96. The van der Waals surface area contributed by atoms with Gasteiger partial charge in [-0.3, -0.25) is 12.2 Å². The van der Waals surface area contributed by atoms with Gasteiger partial charge in [0.15, 0.2) is 0 Å². The SMILES string of the molecule is CC1=CC[C-]=C1.C[C](C)=[Zr+2].[C-]1=CC=CC1. The molecule has 0 aliphatic heterocycles. The Morgan fingerprint density at radius 3 is 2.07 bits per heavy atom. The monoisotopic (exact) mass is 276 g/mol. The van der Waals surface area contributed by atoms with Crippen LogP contribution in [-0.2, 0) is 24.2 Å². The zero-order valence-electron chi connectivity index (χ0n) is 9.80. The van der Waals surface area contributed by atoms with Crippen LogP contribution >= 0.6 is 0 Å². The molecule has 78 valence electrons. The molecular weight excluding hydrogens is 259 g/mol.